The number of fused-ring (bicyclic) bond motifs is 1. The molecule has 252 valence electrons. The number of likely N-dealkylation sites (tertiary alicyclic amines) is 1. The summed E-state index contributed by atoms with van der Waals surface area (Å²) in [5.41, 5.74) is 1.95. The molecule has 3 aromatic carbocycles. The molecule has 47 heavy (non-hydrogen) atoms. The average molecular weight is 661 g/mol. The van der Waals surface area contributed by atoms with E-state index in [0.29, 0.717) is 30.3 Å². The molecule has 4 aromatic rings. The molecule has 2 N–H and O–H groups in total. The minimum absolute atomic E-state index is 0.0847. The van der Waals surface area contributed by atoms with Crippen LogP contribution in [0, 0.1) is 5.41 Å². The van der Waals surface area contributed by atoms with Crippen molar-refractivity contribution in [3.8, 4) is 0 Å². The highest BCUT2D eigenvalue weighted by molar-refractivity contribution is 7.89. The largest absolute Gasteiger partial charge is 0.365 e. The Kier molecular flexibility index (Phi) is 11.5. The van der Waals surface area contributed by atoms with Gasteiger partial charge in [0.25, 0.3) is 5.56 Å². The lowest BCUT2D eigenvalue weighted by atomic mass is 9.86. The zero-order valence-electron chi connectivity index (χ0n) is 27.6. The van der Waals surface area contributed by atoms with Gasteiger partial charge in [-0.05, 0) is 73.7 Å². The van der Waals surface area contributed by atoms with E-state index in [9.17, 15) is 18.0 Å². The van der Waals surface area contributed by atoms with Gasteiger partial charge in [-0.3, -0.25) is 13.9 Å². The SMILES string of the molecule is CC(C)(CCn1c(=O)c2ccccc2n(CCCCN2CCC(OC(c3ccccc3)c3ccccc3)CC2)c1=O)CCS(N)(=O)=O. The summed E-state index contributed by atoms with van der Waals surface area (Å²) < 4.78 is 32.7. The smallest absolute Gasteiger partial charge is 0.331 e. The zero-order chi connectivity index (χ0) is 33.4. The number of aromatic nitrogens is 2. The third-order valence-corrected chi connectivity index (χ3v) is 10.2. The molecular weight excluding hydrogens is 612 g/mol. The second kappa shape index (κ2) is 15.6. The van der Waals surface area contributed by atoms with Crippen molar-refractivity contribution in [3.05, 3.63) is 117 Å². The Morgan fingerprint density at radius 2 is 1.36 bits per heavy atom. The molecule has 0 saturated carbocycles. The van der Waals surface area contributed by atoms with Crippen LogP contribution in [0.4, 0.5) is 0 Å². The maximum absolute atomic E-state index is 13.6. The molecule has 1 fully saturated rings. The van der Waals surface area contributed by atoms with E-state index in [1.165, 1.54) is 15.7 Å². The summed E-state index contributed by atoms with van der Waals surface area (Å²) in [5.74, 6) is -0.135. The molecule has 0 radical (unpaired) electrons. The predicted molar refractivity (Wildman–Crippen MR) is 188 cm³/mol. The van der Waals surface area contributed by atoms with Crippen LogP contribution in [0.1, 0.15) is 69.6 Å². The Bertz CT molecular complexity index is 1790. The second-order valence-electron chi connectivity index (χ2n) is 13.5. The van der Waals surface area contributed by atoms with Gasteiger partial charge in [0.1, 0.15) is 6.10 Å². The molecule has 0 amide bonds. The summed E-state index contributed by atoms with van der Waals surface area (Å²) in [6.45, 7) is 7.48. The number of rotatable bonds is 15. The Hall–Kier alpha value is -3.57. The van der Waals surface area contributed by atoms with Crippen molar-refractivity contribution in [2.45, 2.75) is 77.7 Å². The van der Waals surface area contributed by atoms with Gasteiger partial charge < -0.3 is 9.64 Å². The Balaban J connectivity index is 1.16. The lowest BCUT2D eigenvalue weighted by molar-refractivity contribution is -0.0271. The van der Waals surface area contributed by atoms with Gasteiger partial charge in [-0.15, -0.1) is 0 Å². The minimum atomic E-state index is -3.59. The first-order valence-corrected chi connectivity index (χ1v) is 18.4. The number of nitrogens with two attached hydrogens (primary N) is 1. The summed E-state index contributed by atoms with van der Waals surface area (Å²) in [6, 6.07) is 28.1. The van der Waals surface area contributed by atoms with E-state index in [-0.39, 0.29) is 35.8 Å². The van der Waals surface area contributed by atoms with Crippen molar-refractivity contribution in [1.82, 2.24) is 14.0 Å². The van der Waals surface area contributed by atoms with Gasteiger partial charge in [0.15, 0.2) is 0 Å². The minimum Gasteiger partial charge on any atom is -0.365 e. The summed E-state index contributed by atoms with van der Waals surface area (Å²) >= 11 is 0. The Labute approximate surface area is 278 Å². The standard InChI is InChI=1S/C37H48N4O5S/c1-37(2,22-28-47(38,44)45)21-27-41-35(42)32-17-9-10-18-33(32)40(36(41)43)24-12-11-23-39-25-19-31(20-26-39)46-34(29-13-5-3-6-14-29)30-15-7-4-8-16-30/h3-10,13-18,31,34H,11-12,19-28H2,1-2H3,(H2,38,44,45). The van der Waals surface area contributed by atoms with E-state index in [1.54, 1.807) is 10.6 Å². The summed E-state index contributed by atoms with van der Waals surface area (Å²) in [7, 11) is -3.59. The number of ether oxygens (including phenoxy) is 1. The average Bonchev–Trinajstić information content (AvgIpc) is 3.07. The summed E-state index contributed by atoms with van der Waals surface area (Å²) in [6.07, 6.45) is 4.62. The molecule has 0 bridgehead atoms. The molecule has 1 aliphatic heterocycles. The van der Waals surface area contributed by atoms with Gasteiger partial charge in [0.05, 0.1) is 22.8 Å². The topological polar surface area (TPSA) is 117 Å². The molecule has 0 unspecified atom stereocenters. The van der Waals surface area contributed by atoms with Gasteiger partial charge in [-0.25, -0.2) is 18.4 Å². The van der Waals surface area contributed by atoms with E-state index in [2.05, 4.69) is 53.4 Å². The van der Waals surface area contributed by atoms with Crippen molar-refractivity contribution in [2.75, 3.05) is 25.4 Å². The molecule has 0 spiro atoms. The van der Waals surface area contributed by atoms with E-state index in [4.69, 9.17) is 9.88 Å². The van der Waals surface area contributed by atoms with Crippen molar-refractivity contribution in [1.29, 1.82) is 0 Å². The first kappa shape index (κ1) is 34.8. The highest BCUT2D eigenvalue weighted by Gasteiger charge is 2.25. The molecule has 0 aliphatic carbocycles. The number of piperidine rings is 1. The number of unbranched alkanes of at least 4 members (excludes halogenated alkanes) is 1. The predicted octanol–water partition coefficient (Wildman–Crippen LogP) is 5.31. The molecule has 5 rings (SSSR count). The second-order valence-corrected chi connectivity index (χ2v) is 15.3. The number of sulfonamides is 1. The molecule has 1 saturated heterocycles. The van der Waals surface area contributed by atoms with Gasteiger partial charge in [0, 0.05) is 26.2 Å². The van der Waals surface area contributed by atoms with Gasteiger partial charge >= 0.3 is 5.69 Å². The fourth-order valence-electron chi connectivity index (χ4n) is 6.41. The molecule has 1 aliphatic rings. The lowest BCUT2D eigenvalue weighted by Crippen LogP contribution is -2.41. The van der Waals surface area contributed by atoms with Crippen molar-refractivity contribution in [2.24, 2.45) is 10.6 Å². The highest BCUT2D eigenvalue weighted by atomic mass is 32.2. The number of primary sulfonamides is 1. The maximum atomic E-state index is 13.6. The lowest BCUT2D eigenvalue weighted by Gasteiger charge is -2.34. The van der Waals surface area contributed by atoms with Crippen LogP contribution in [0.5, 0.6) is 0 Å². The fraction of sp³-hybridized carbons (Fsp3) is 0.459. The highest BCUT2D eigenvalue weighted by Crippen LogP contribution is 2.30. The number of hydrogen-bond acceptors (Lipinski definition) is 6. The molecule has 10 heteroatoms. The fourth-order valence-corrected chi connectivity index (χ4v) is 7.25. The van der Waals surface area contributed by atoms with Crippen LogP contribution in [0.2, 0.25) is 0 Å². The van der Waals surface area contributed by atoms with Gasteiger partial charge in [-0.2, -0.15) is 0 Å². The molecule has 9 nitrogen and oxygen atoms in total. The van der Waals surface area contributed by atoms with Crippen LogP contribution in [0.3, 0.4) is 0 Å². The Morgan fingerprint density at radius 3 is 1.98 bits per heavy atom. The number of para-hydroxylation sites is 1. The molecule has 2 heterocycles. The van der Waals surface area contributed by atoms with E-state index in [0.717, 1.165) is 45.3 Å². The quantitative estimate of drug-likeness (QED) is 0.173. The van der Waals surface area contributed by atoms with Crippen LogP contribution < -0.4 is 16.4 Å². The Morgan fingerprint density at radius 1 is 0.787 bits per heavy atom. The van der Waals surface area contributed by atoms with Crippen molar-refractivity contribution < 1.29 is 13.2 Å². The van der Waals surface area contributed by atoms with Crippen LogP contribution in [0.25, 0.3) is 10.9 Å². The van der Waals surface area contributed by atoms with Crippen LogP contribution in [0.15, 0.2) is 94.5 Å². The monoisotopic (exact) mass is 660 g/mol. The van der Waals surface area contributed by atoms with E-state index >= 15 is 0 Å². The third-order valence-electron chi connectivity index (χ3n) is 9.38. The van der Waals surface area contributed by atoms with Crippen LogP contribution >= 0.6 is 0 Å². The van der Waals surface area contributed by atoms with Crippen LogP contribution in [-0.4, -0.2) is 53.9 Å². The third kappa shape index (κ3) is 9.50. The maximum Gasteiger partial charge on any atom is 0.331 e. The number of hydrogen-bond donors (Lipinski definition) is 1. The van der Waals surface area contributed by atoms with E-state index in [1.807, 2.05) is 44.2 Å². The number of benzene rings is 3. The zero-order valence-corrected chi connectivity index (χ0v) is 28.4. The molecule has 1 aromatic heterocycles. The first-order valence-electron chi connectivity index (χ1n) is 16.7. The van der Waals surface area contributed by atoms with Gasteiger partial charge in [-0.1, -0.05) is 86.6 Å². The first-order chi connectivity index (χ1) is 22.5. The van der Waals surface area contributed by atoms with Crippen molar-refractivity contribution in [3.63, 3.8) is 0 Å². The van der Waals surface area contributed by atoms with Crippen molar-refractivity contribution >= 4 is 20.9 Å². The van der Waals surface area contributed by atoms with Gasteiger partial charge in [0.2, 0.25) is 10.0 Å². The molecular formula is C37H48N4O5S. The van der Waals surface area contributed by atoms with E-state index < -0.39 is 15.4 Å². The molecule has 0 atom stereocenters. The summed E-state index contributed by atoms with van der Waals surface area (Å²) in [4.78, 5) is 29.5. The summed E-state index contributed by atoms with van der Waals surface area (Å²) in [5, 5.41) is 5.72. The van der Waals surface area contributed by atoms with Crippen LogP contribution in [-0.2, 0) is 27.8 Å². The number of nitrogens with zero attached hydrogens (tertiary/aromatic N) is 3. The number of aryl methyl sites for hydroxylation is 1. The normalized spacial score (nSPS) is 15.1.